The van der Waals surface area contributed by atoms with Crippen molar-refractivity contribution >= 4 is 5.91 Å². The number of carbonyl (C=O) groups excluding carboxylic acids is 1. The zero-order valence-electron chi connectivity index (χ0n) is 16.3. The van der Waals surface area contributed by atoms with Gasteiger partial charge in [0.1, 0.15) is 0 Å². The van der Waals surface area contributed by atoms with Crippen molar-refractivity contribution in [2.75, 3.05) is 13.1 Å². The number of nitriles is 1. The maximum Gasteiger partial charge on any atom is 0.251 e. The van der Waals surface area contributed by atoms with E-state index in [9.17, 15) is 4.79 Å². The Hall–Kier alpha value is -2.64. The van der Waals surface area contributed by atoms with Crippen LogP contribution in [0.2, 0.25) is 0 Å². The van der Waals surface area contributed by atoms with Crippen LogP contribution in [0.25, 0.3) is 0 Å². The van der Waals surface area contributed by atoms with Crippen LogP contribution in [0, 0.1) is 16.7 Å². The third kappa shape index (κ3) is 4.75. The molecular weight excluding hydrogens is 334 g/mol. The summed E-state index contributed by atoms with van der Waals surface area (Å²) in [5.41, 5.74) is 3.91. The molecule has 27 heavy (non-hydrogen) atoms. The van der Waals surface area contributed by atoms with E-state index in [0.717, 1.165) is 26.1 Å². The van der Waals surface area contributed by atoms with Crippen LogP contribution in [-0.4, -0.2) is 29.9 Å². The molecule has 0 saturated heterocycles. The number of carbonyl (C=O) groups is 1. The van der Waals surface area contributed by atoms with Crippen LogP contribution in [0.3, 0.4) is 0 Å². The summed E-state index contributed by atoms with van der Waals surface area (Å²) >= 11 is 0. The van der Waals surface area contributed by atoms with Crippen molar-refractivity contribution in [3.05, 3.63) is 70.8 Å². The molecule has 140 valence electrons. The lowest BCUT2D eigenvalue weighted by molar-refractivity contribution is 0.0863. The van der Waals surface area contributed by atoms with Gasteiger partial charge < -0.3 is 5.32 Å². The lowest BCUT2D eigenvalue weighted by Gasteiger charge is -2.38. The predicted octanol–water partition coefficient (Wildman–Crippen LogP) is 3.76. The van der Waals surface area contributed by atoms with Crippen molar-refractivity contribution in [3.63, 3.8) is 0 Å². The maximum absolute atomic E-state index is 12.7. The Balaban J connectivity index is 1.69. The third-order valence-electron chi connectivity index (χ3n) is 5.28. The molecular formula is C23H27N3O. The number of hydrogen-bond donors (Lipinski definition) is 1. The number of amides is 1. The molecule has 3 rings (SSSR count). The molecule has 4 heteroatoms. The van der Waals surface area contributed by atoms with Crippen molar-refractivity contribution in [2.45, 2.75) is 39.8 Å². The Morgan fingerprint density at radius 2 is 1.81 bits per heavy atom. The van der Waals surface area contributed by atoms with Gasteiger partial charge in [-0.05, 0) is 47.2 Å². The van der Waals surface area contributed by atoms with Crippen LogP contribution < -0.4 is 5.32 Å². The zero-order valence-corrected chi connectivity index (χ0v) is 16.3. The molecule has 0 radical (unpaired) electrons. The minimum Gasteiger partial charge on any atom is -0.347 e. The molecule has 0 aromatic heterocycles. The summed E-state index contributed by atoms with van der Waals surface area (Å²) in [6.07, 6.45) is 1.05. The highest BCUT2D eigenvalue weighted by atomic mass is 16.1. The van der Waals surface area contributed by atoms with Gasteiger partial charge in [-0.25, -0.2) is 0 Å². The van der Waals surface area contributed by atoms with Gasteiger partial charge in [-0.15, -0.1) is 0 Å². The van der Waals surface area contributed by atoms with Crippen molar-refractivity contribution < 1.29 is 4.79 Å². The van der Waals surface area contributed by atoms with Crippen LogP contribution >= 0.6 is 0 Å². The van der Waals surface area contributed by atoms with Gasteiger partial charge in [0.15, 0.2) is 0 Å². The minimum absolute atomic E-state index is 0.0332. The molecule has 1 amide bonds. The van der Waals surface area contributed by atoms with Gasteiger partial charge in [-0.2, -0.15) is 5.26 Å². The molecule has 0 fully saturated rings. The average Bonchev–Trinajstić information content (AvgIpc) is 2.66. The molecule has 1 aliphatic rings. The monoisotopic (exact) mass is 361 g/mol. The van der Waals surface area contributed by atoms with E-state index in [0.29, 0.717) is 11.1 Å². The minimum atomic E-state index is -0.0863. The van der Waals surface area contributed by atoms with Crippen molar-refractivity contribution in [1.29, 1.82) is 5.26 Å². The lowest BCUT2D eigenvalue weighted by Crippen LogP contribution is -2.51. The molecule has 0 spiro atoms. The Bertz CT molecular complexity index is 843. The lowest BCUT2D eigenvalue weighted by atomic mass is 9.85. The van der Waals surface area contributed by atoms with Crippen LogP contribution in [0.1, 0.15) is 47.8 Å². The first-order valence-electron chi connectivity index (χ1n) is 9.47. The SMILES string of the molecule is CC(C)(C)C(CN1CCc2ccccc2C1)NC(=O)c1ccc(C#N)cc1. The van der Waals surface area contributed by atoms with Gasteiger partial charge in [0.25, 0.3) is 5.91 Å². The summed E-state index contributed by atoms with van der Waals surface area (Å²) in [5.74, 6) is -0.0863. The van der Waals surface area contributed by atoms with Gasteiger partial charge in [-0.3, -0.25) is 9.69 Å². The van der Waals surface area contributed by atoms with Crippen molar-refractivity contribution in [2.24, 2.45) is 5.41 Å². The topological polar surface area (TPSA) is 56.1 Å². The van der Waals surface area contributed by atoms with E-state index in [1.807, 2.05) is 0 Å². The standard InChI is InChI=1S/C23H27N3O/c1-23(2,3)21(25-22(27)19-10-8-17(14-24)9-11-19)16-26-13-12-18-6-4-5-7-20(18)15-26/h4-11,21H,12-13,15-16H2,1-3H3,(H,25,27). The molecule has 0 aliphatic carbocycles. The van der Waals surface area contributed by atoms with Gasteiger partial charge in [0.2, 0.25) is 0 Å². The summed E-state index contributed by atoms with van der Waals surface area (Å²) in [6, 6.07) is 17.5. The van der Waals surface area contributed by atoms with Crippen LogP contribution in [0.5, 0.6) is 0 Å². The van der Waals surface area contributed by atoms with E-state index >= 15 is 0 Å². The van der Waals surface area contributed by atoms with Crippen LogP contribution in [0.4, 0.5) is 0 Å². The highest BCUT2D eigenvalue weighted by Gasteiger charge is 2.29. The Labute approximate surface area is 161 Å². The molecule has 4 nitrogen and oxygen atoms in total. The fourth-order valence-electron chi connectivity index (χ4n) is 3.44. The molecule has 2 aromatic rings. The zero-order chi connectivity index (χ0) is 19.4. The summed E-state index contributed by atoms with van der Waals surface area (Å²) in [4.78, 5) is 15.2. The predicted molar refractivity (Wildman–Crippen MR) is 107 cm³/mol. The first-order valence-corrected chi connectivity index (χ1v) is 9.47. The van der Waals surface area contributed by atoms with Crippen LogP contribution in [-0.2, 0) is 13.0 Å². The first-order chi connectivity index (χ1) is 12.9. The number of nitrogens with one attached hydrogen (secondary N) is 1. The van der Waals surface area contributed by atoms with Gasteiger partial charge in [-0.1, -0.05) is 45.0 Å². The Morgan fingerprint density at radius 1 is 1.15 bits per heavy atom. The molecule has 1 N–H and O–H groups in total. The van der Waals surface area contributed by atoms with E-state index in [4.69, 9.17) is 5.26 Å². The third-order valence-corrected chi connectivity index (χ3v) is 5.28. The second-order valence-corrected chi connectivity index (χ2v) is 8.34. The average molecular weight is 361 g/mol. The van der Waals surface area contributed by atoms with Crippen molar-refractivity contribution in [1.82, 2.24) is 10.2 Å². The van der Waals surface area contributed by atoms with E-state index in [1.165, 1.54) is 11.1 Å². The summed E-state index contributed by atoms with van der Waals surface area (Å²) in [6.45, 7) is 9.24. The fourth-order valence-corrected chi connectivity index (χ4v) is 3.44. The summed E-state index contributed by atoms with van der Waals surface area (Å²) in [5, 5.41) is 12.1. The van der Waals surface area contributed by atoms with E-state index in [2.05, 4.69) is 61.3 Å². The van der Waals surface area contributed by atoms with E-state index in [1.54, 1.807) is 24.3 Å². The number of fused-ring (bicyclic) bond motifs is 1. The van der Waals surface area contributed by atoms with Crippen LogP contribution in [0.15, 0.2) is 48.5 Å². The maximum atomic E-state index is 12.7. The van der Waals surface area contributed by atoms with Crippen molar-refractivity contribution in [3.8, 4) is 6.07 Å². The van der Waals surface area contributed by atoms with Gasteiger partial charge >= 0.3 is 0 Å². The quantitative estimate of drug-likeness (QED) is 0.902. The first kappa shape index (κ1) is 19.1. The number of hydrogen-bond acceptors (Lipinski definition) is 3. The van der Waals surface area contributed by atoms with E-state index < -0.39 is 0 Å². The summed E-state index contributed by atoms with van der Waals surface area (Å²) < 4.78 is 0. The van der Waals surface area contributed by atoms with E-state index in [-0.39, 0.29) is 17.4 Å². The summed E-state index contributed by atoms with van der Waals surface area (Å²) in [7, 11) is 0. The number of nitrogens with zero attached hydrogens (tertiary/aromatic N) is 2. The largest absolute Gasteiger partial charge is 0.347 e. The molecule has 1 unspecified atom stereocenters. The molecule has 1 heterocycles. The molecule has 1 aliphatic heterocycles. The number of benzene rings is 2. The highest BCUT2D eigenvalue weighted by Crippen LogP contribution is 2.24. The van der Waals surface area contributed by atoms with Gasteiger partial charge in [0, 0.05) is 31.2 Å². The number of rotatable bonds is 4. The van der Waals surface area contributed by atoms with Gasteiger partial charge in [0.05, 0.1) is 11.6 Å². The molecule has 1 atom stereocenters. The molecule has 0 saturated carbocycles. The fraction of sp³-hybridized carbons (Fsp3) is 0.391. The molecule has 0 bridgehead atoms. The highest BCUT2D eigenvalue weighted by molar-refractivity contribution is 5.94. The second kappa shape index (κ2) is 7.94. The molecule has 2 aromatic carbocycles. The smallest absolute Gasteiger partial charge is 0.251 e. The Kier molecular flexibility index (Phi) is 5.62. The second-order valence-electron chi connectivity index (χ2n) is 8.34. The normalized spacial score (nSPS) is 15.5. The Morgan fingerprint density at radius 3 is 2.44 bits per heavy atom.